The molecule has 1 heterocycles. The summed E-state index contributed by atoms with van der Waals surface area (Å²) in [7, 11) is 0. The van der Waals surface area contributed by atoms with Crippen LogP contribution in [0.15, 0.2) is 12.7 Å². The molecule has 0 aliphatic heterocycles. The fourth-order valence-corrected chi connectivity index (χ4v) is 1.26. The molecule has 0 saturated heterocycles. The summed E-state index contributed by atoms with van der Waals surface area (Å²) in [5, 5.41) is 11.3. The van der Waals surface area contributed by atoms with Gasteiger partial charge in [-0.1, -0.05) is 19.9 Å². The first kappa shape index (κ1) is 11.6. The van der Waals surface area contributed by atoms with E-state index in [1.54, 1.807) is 0 Å². The van der Waals surface area contributed by atoms with Gasteiger partial charge in [0.25, 0.3) is 0 Å². The predicted octanol–water partition coefficient (Wildman–Crippen LogP) is 1.98. The summed E-state index contributed by atoms with van der Waals surface area (Å²) in [5.74, 6) is 0.580. The minimum Gasteiger partial charge on any atom is -0.347 e. The summed E-state index contributed by atoms with van der Waals surface area (Å²) in [6.07, 6.45) is 3.57. The van der Waals surface area contributed by atoms with Crippen LogP contribution in [0, 0.1) is 0 Å². The Hall–Kier alpha value is -1.45. The van der Waals surface area contributed by atoms with E-state index < -0.39 is 0 Å². The minimum atomic E-state index is 0.156. The first-order valence-corrected chi connectivity index (χ1v) is 5.32. The SMILES string of the molecule is C=CC(C)Nc1nnc(CC)c(CC)n1. The van der Waals surface area contributed by atoms with Crippen LogP contribution in [0.1, 0.15) is 32.2 Å². The quantitative estimate of drug-likeness (QED) is 0.748. The summed E-state index contributed by atoms with van der Waals surface area (Å²) in [5.41, 5.74) is 2.00. The Morgan fingerprint density at radius 1 is 1.27 bits per heavy atom. The summed E-state index contributed by atoms with van der Waals surface area (Å²) < 4.78 is 0. The molecule has 4 heteroatoms. The van der Waals surface area contributed by atoms with Gasteiger partial charge in [-0.15, -0.1) is 11.7 Å². The molecular formula is C11H18N4. The molecule has 0 fully saturated rings. The van der Waals surface area contributed by atoms with Crippen molar-refractivity contribution >= 4 is 5.95 Å². The van der Waals surface area contributed by atoms with Crippen molar-refractivity contribution in [2.45, 2.75) is 39.7 Å². The highest BCUT2D eigenvalue weighted by atomic mass is 15.2. The predicted molar refractivity (Wildman–Crippen MR) is 61.9 cm³/mol. The lowest BCUT2D eigenvalue weighted by Gasteiger charge is -2.10. The zero-order chi connectivity index (χ0) is 11.3. The molecule has 0 radical (unpaired) electrons. The first-order chi connectivity index (χ1) is 7.21. The van der Waals surface area contributed by atoms with Crippen molar-refractivity contribution in [2.75, 3.05) is 5.32 Å². The fraction of sp³-hybridized carbons (Fsp3) is 0.545. The monoisotopic (exact) mass is 206 g/mol. The van der Waals surface area contributed by atoms with Gasteiger partial charge in [0.2, 0.25) is 5.95 Å². The van der Waals surface area contributed by atoms with Crippen LogP contribution in [0.5, 0.6) is 0 Å². The molecule has 0 spiro atoms. The molecular weight excluding hydrogens is 188 g/mol. The van der Waals surface area contributed by atoms with Gasteiger partial charge in [-0.05, 0) is 19.8 Å². The van der Waals surface area contributed by atoms with E-state index in [-0.39, 0.29) is 6.04 Å². The van der Waals surface area contributed by atoms with Crippen LogP contribution < -0.4 is 5.32 Å². The molecule has 0 aliphatic carbocycles. The number of nitrogens with one attached hydrogen (secondary N) is 1. The number of aryl methyl sites for hydroxylation is 2. The number of hydrogen-bond acceptors (Lipinski definition) is 4. The van der Waals surface area contributed by atoms with Crippen LogP contribution in [0.25, 0.3) is 0 Å². The standard InChI is InChI=1S/C11H18N4/c1-5-8(4)12-11-13-9(6-2)10(7-3)14-15-11/h5,8H,1,6-7H2,2-4H3,(H,12,13,15). The van der Waals surface area contributed by atoms with Crippen LogP contribution in [0.2, 0.25) is 0 Å². The molecule has 0 amide bonds. The second-order valence-corrected chi connectivity index (χ2v) is 3.40. The molecule has 0 saturated carbocycles. The van der Waals surface area contributed by atoms with Crippen LogP contribution in [-0.4, -0.2) is 21.2 Å². The minimum absolute atomic E-state index is 0.156. The Labute approximate surface area is 90.8 Å². The number of anilines is 1. The molecule has 1 N–H and O–H groups in total. The largest absolute Gasteiger partial charge is 0.347 e. The molecule has 0 aromatic carbocycles. The maximum Gasteiger partial charge on any atom is 0.243 e. The average Bonchev–Trinajstić information content (AvgIpc) is 2.28. The summed E-state index contributed by atoms with van der Waals surface area (Å²) in [6.45, 7) is 9.82. The smallest absolute Gasteiger partial charge is 0.243 e. The normalized spacial score (nSPS) is 12.2. The molecule has 1 atom stereocenters. The zero-order valence-corrected chi connectivity index (χ0v) is 9.62. The third kappa shape index (κ3) is 3.01. The highest BCUT2D eigenvalue weighted by Crippen LogP contribution is 2.07. The third-order valence-corrected chi connectivity index (χ3v) is 2.22. The lowest BCUT2D eigenvalue weighted by molar-refractivity contribution is 0.810. The Bertz CT molecular complexity index is 335. The van der Waals surface area contributed by atoms with Gasteiger partial charge in [0.1, 0.15) is 0 Å². The van der Waals surface area contributed by atoms with Crippen LogP contribution >= 0.6 is 0 Å². The van der Waals surface area contributed by atoms with E-state index in [1.165, 1.54) is 0 Å². The molecule has 15 heavy (non-hydrogen) atoms. The van der Waals surface area contributed by atoms with E-state index in [9.17, 15) is 0 Å². The summed E-state index contributed by atoms with van der Waals surface area (Å²) in [6, 6.07) is 0.156. The lowest BCUT2D eigenvalue weighted by Crippen LogP contribution is -2.16. The number of nitrogens with zero attached hydrogens (tertiary/aromatic N) is 3. The van der Waals surface area contributed by atoms with Crippen molar-refractivity contribution in [3.63, 3.8) is 0 Å². The Kier molecular flexibility index (Phi) is 4.21. The van der Waals surface area contributed by atoms with Crippen LogP contribution in [-0.2, 0) is 12.8 Å². The molecule has 1 aromatic heterocycles. The maximum atomic E-state index is 4.42. The van der Waals surface area contributed by atoms with Crippen LogP contribution in [0.4, 0.5) is 5.95 Å². The first-order valence-electron chi connectivity index (χ1n) is 5.32. The summed E-state index contributed by atoms with van der Waals surface area (Å²) >= 11 is 0. The van der Waals surface area contributed by atoms with Gasteiger partial charge in [-0.25, -0.2) is 4.98 Å². The molecule has 1 unspecified atom stereocenters. The van der Waals surface area contributed by atoms with E-state index in [4.69, 9.17) is 0 Å². The Morgan fingerprint density at radius 2 is 1.93 bits per heavy atom. The third-order valence-electron chi connectivity index (χ3n) is 2.22. The molecule has 1 aromatic rings. The van der Waals surface area contributed by atoms with E-state index in [0.29, 0.717) is 5.95 Å². The average molecular weight is 206 g/mol. The van der Waals surface area contributed by atoms with Crippen molar-refractivity contribution in [3.8, 4) is 0 Å². The lowest BCUT2D eigenvalue weighted by atomic mass is 10.2. The van der Waals surface area contributed by atoms with Gasteiger partial charge in [0, 0.05) is 6.04 Å². The highest BCUT2D eigenvalue weighted by molar-refractivity contribution is 5.28. The fourth-order valence-electron chi connectivity index (χ4n) is 1.26. The van der Waals surface area contributed by atoms with Crippen molar-refractivity contribution in [2.24, 2.45) is 0 Å². The van der Waals surface area contributed by atoms with E-state index in [2.05, 4.69) is 40.9 Å². The molecule has 4 nitrogen and oxygen atoms in total. The van der Waals surface area contributed by atoms with Gasteiger partial charge < -0.3 is 5.32 Å². The van der Waals surface area contributed by atoms with Gasteiger partial charge in [-0.3, -0.25) is 0 Å². The second kappa shape index (κ2) is 5.44. The highest BCUT2D eigenvalue weighted by Gasteiger charge is 2.06. The molecule has 0 aliphatic rings. The van der Waals surface area contributed by atoms with Gasteiger partial charge in [-0.2, -0.15) is 5.10 Å². The van der Waals surface area contributed by atoms with E-state index in [0.717, 1.165) is 24.2 Å². The van der Waals surface area contributed by atoms with Crippen molar-refractivity contribution in [3.05, 3.63) is 24.0 Å². The Balaban J connectivity index is 2.87. The number of hydrogen-bond donors (Lipinski definition) is 1. The van der Waals surface area contributed by atoms with Crippen molar-refractivity contribution < 1.29 is 0 Å². The second-order valence-electron chi connectivity index (χ2n) is 3.40. The van der Waals surface area contributed by atoms with Crippen molar-refractivity contribution in [1.29, 1.82) is 0 Å². The Morgan fingerprint density at radius 3 is 2.47 bits per heavy atom. The molecule has 1 rings (SSSR count). The van der Waals surface area contributed by atoms with Crippen LogP contribution in [0.3, 0.4) is 0 Å². The van der Waals surface area contributed by atoms with Gasteiger partial charge in [0.15, 0.2) is 0 Å². The molecule has 0 bridgehead atoms. The van der Waals surface area contributed by atoms with E-state index in [1.807, 2.05) is 13.0 Å². The molecule has 82 valence electrons. The van der Waals surface area contributed by atoms with E-state index >= 15 is 0 Å². The number of aromatic nitrogens is 3. The zero-order valence-electron chi connectivity index (χ0n) is 9.62. The van der Waals surface area contributed by atoms with Gasteiger partial charge in [0.05, 0.1) is 11.4 Å². The number of rotatable bonds is 5. The van der Waals surface area contributed by atoms with Gasteiger partial charge >= 0.3 is 0 Å². The summed E-state index contributed by atoms with van der Waals surface area (Å²) in [4.78, 5) is 4.42. The maximum absolute atomic E-state index is 4.42. The van der Waals surface area contributed by atoms with Crippen molar-refractivity contribution in [1.82, 2.24) is 15.2 Å². The topological polar surface area (TPSA) is 50.7 Å².